The number of nitrogens with zero attached hydrogens (tertiary/aromatic N) is 3. The molecule has 2 aromatic rings. The minimum atomic E-state index is 0.658. The van der Waals surface area contributed by atoms with Crippen LogP contribution in [0.5, 0.6) is 5.75 Å². The lowest BCUT2D eigenvalue weighted by Gasteiger charge is -2.44. The average Bonchev–Trinajstić information content (AvgIpc) is 3.05. The van der Waals surface area contributed by atoms with Gasteiger partial charge in [-0.25, -0.2) is 0 Å². The maximum absolute atomic E-state index is 5.91. The lowest BCUT2D eigenvalue weighted by molar-refractivity contribution is 0.0847. The topological polar surface area (TPSA) is 32.1 Å². The van der Waals surface area contributed by atoms with E-state index in [4.69, 9.17) is 9.15 Å². The van der Waals surface area contributed by atoms with Gasteiger partial charge in [0.1, 0.15) is 17.3 Å². The van der Waals surface area contributed by atoms with Crippen LogP contribution in [-0.2, 0) is 6.54 Å². The van der Waals surface area contributed by atoms with Crippen molar-refractivity contribution in [1.82, 2.24) is 9.80 Å². The number of ether oxygens (including phenoxy) is 1. The molecule has 5 nitrogen and oxygen atoms in total. The van der Waals surface area contributed by atoms with Gasteiger partial charge in [0.25, 0.3) is 0 Å². The summed E-state index contributed by atoms with van der Waals surface area (Å²) in [6.45, 7) is 11.8. The standard InChI is InChI=1S/C23H33N3O2/c1-18-15-21(28-19(18)2)17-24-10-6-7-20(16-24)25-11-13-26(14-12-25)22-8-4-5-9-23(22)27-3/h4-5,8-9,15,20H,6-7,10-14,16-17H2,1-3H3. The van der Waals surface area contributed by atoms with Crippen molar-refractivity contribution in [2.75, 3.05) is 51.3 Å². The maximum Gasteiger partial charge on any atom is 0.142 e. The van der Waals surface area contributed by atoms with Gasteiger partial charge >= 0.3 is 0 Å². The van der Waals surface area contributed by atoms with E-state index in [1.807, 2.05) is 6.07 Å². The number of rotatable bonds is 5. The average molecular weight is 384 g/mol. The van der Waals surface area contributed by atoms with E-state index in [1.165, 1.54) is 30.6 Å². The van der Waals surface area contributed by atoms with Crippen LogP contribution in [0.25, 0.3) is 0 Å². The second-order valence-corrected chi connectivity index (χ2v) is 8.18. The van der Waals surface area contributed by atoms with Crippen molar-refractivity contribution >= 4 is 5.69 Å². The summed E-state index contributed by atoms with van der Waals surface area (Å²) in [5.41, 5.74) is 2.48. The zero-order valence-electron chi connectivity index (χ0n) is 17.5. The molecule has 0 bridgehead atoms. The van der Waals surface area contributed by atoms with Crippen molar-refractivity contribution in [3.05, 3.63) is 47.4 Å². The van der Waals surface area contributed by atoms with Gasteiger partial charge in [-0.2, -0.15) is 0 Å². The minimum absolute atomic E-state index is 0.658. The SMILES string of the molecule is COc1ccccc1N1CCN(C2CCCN(Cc3cc(C)c(C)o3)C2)CC1. The molecule has 0 aliphatic carbocycles. The highest BCUT2D eigenvalue weighted by molar-refractivity contribution is 5.58. The fraction of sp³-hybridized carbons (Fsp3) is 0.565. The van der Waals surface area contributed by atoms with Crippen molar-refractivity contribution in [2.24, 2.45) is 0 Å². The Balaban J connectivity index is 1.33. The van der Waals surface area contributed by atoms with Gasteiger partial charge in [-0.1, -0.05) is 12.1 Å². The van der Waals surface area contributed by atoms with Gasteiger partial charge in [0.2, 0.25) is 0 Å². The Bertz CT molecular complexity index is 760. The van der Waals surface area contributed by atoms with Crippen LogP contribution < -0.4 is 9.64 Å². The number of benzene rings is 1. The number of para-hydroxylation sites is 2. The molecular weight excluding hydrogens is 350 g/mol. The Kier molecular flexibility index (Phi) is 5.93. The number of hydrogen-bond donors (Lipinski definition) is 0. The first-order chi connectivity index (χ1) is 13.6. The molecule has 0 amide bonds. The highest BCUT2D eigenvalue weighted by atomic mass is 16.5. The van der Waals surface area contributed by atoms with Crippen LogP contribution in [0.15, 0.2) is 34.7 Å². The van der Waals surface area contributed by atoms with E-state index in [9.17, 15) is 0 Å². The van der Waals surface area contributed by atoms with Crippen LogP contribution in [0.4, 0.5) is 5.69 Å². The van der Waals surface area contributed by atoms with Crippen molar-refractivity contribution < 1.29 is 9.15 Å². The molecule has 2 fully saturated rings. The molecule has 28 heavy (non-hydrogen) atoms. The van der Waals surface area contributed by atoms with Crippen molar-refractivity contribution in [3.8, 4) is 5.75 Å². The number of methoxy groups -OCH3 is 1. The van der Waals surface area contributed by atoms with Crippen LogP contribution in [0, 0.1) is 13.8 Å². The van der Waals surface area contributed by atoms with Crippen LogP contribution in [-0.4, -0.2) is 62.2 Å². The Morgan fingerprint density at radius 1 is 1.07 bits per heavy atom. The number of piperidine rings is 1. The van der Waals surface area contributed by atoms with E-state index in [0.717, 1.165) is 56.5 Å². The number of aryl methyl sites for hydroxylation is 2. The first-order valence-electron chi connectivity index (χ1n) is 10.5. The lowest BCUT2D eigenvalue weighted by atomic mass is 10.0. The fourth-order valence-electron chi connectivity index (χ4n) is 4.64. The van der Waals surface area contributed by atoms with E-state index >= 15 is 0 Å². The van der Waals surface area contributed by atoms with Gasteiger partial charge in [0.15, 0.2) is 0 Å². The number of likely N-dealkylation sites (tertiary alicyclic amines) is 1. The molecule has 1 aromatic carbocycles. The third kappa shape index (κ3) is 4.20. The first kappa shape index (κ1) is 19.3. The van der Waals surface area contributed by atoms with E-state index in [2.05, 4.69) is 52.8 Å². The molecule has 0 N–H and O–H groups in total. The highest BCUT2D eigenvalue weighted by Crippen LogP contribution is 2.29. The molecule has 0 radical (unpaired) electrons. The van der Waals surface area contributed by atoms with Gasteiger partial charge in [-0.3, -0.25) is 9.80 Å². The molecule has 152 valence electrons. The maximum atomic E-state index is 5.91. The summed E-state index contributed by atoms with van der Waals surface area (Å²) in [7, 11) is 1.76. The quantitative estimate of drug-likeness (QED) is 0.786. The number of piperazine rings is 1. The van der Waals surface area contributed by atoms with Crippen molar-refractivity contribution in [2.45, 2.75) is 39.3 Å². The van der Waals surface area contributed by atoms with Gasteiger partial charge in [0.05, 0.1) is 19.3 Å². The molecule has 2 saturated heterocycles. The van der Waals surface area contributed by atoms with E-state index in [-0.39, 0.29) is 0 Å². The molecule has 1 unspecified atom stereocenters. The summed E-state index contributed by atoms with van der Waals surface area (Å²) in [6, 6.07) is 11.2. The summed E-state index contributed by atoms with van der Waals surface area (Å²) < 4.78 is 11.5. The van der Waals surface area contributed by atoms with Crippen LogP contribution in [0.3, 0.4) is 0 Å². The smallest absolute Gasteiger partial charge is 0.142 e. The molecule has 2 aliphatic rings. The number of hydrogen-bond acceptors (Lipinski definition) is 5. The molecule has 3 heterocycles. The van der Waals surface area contributed by atoms with E-state index < -0.39 is 0 Å². The molecule has 5 heteroatoms. The summed E-state index contributed by atoms with van der Waals surface area (Å²) in [6.07, 6.45) is 2.58. The molecule has 4 rings (SSSR count). The van der Waals surface area contributed by atoms with E-state index in [0.29, 0.717) is 6.04 Å². The Morgan fingerprint density at radius 3 is 2.57 bits per heavy atom. The summed E-state index contributed by atoms with van der Waals surface area (Å²) in [4.78, 5) is 7.72. The zero-order valence-corrected chi connectivity index (χ0v) is 17.5. The normalized spacial score (nSPS) is 21.8. The molecule has 1 atom stereocenters. The largest absolute Gasteiger partial charge is 0.495 e. The Hall–Kier alpha value is -1.98. The van der Waals surface area contributed by atoms with Crippen molar-refractivity contribution in [3.63, 3.8) is 0 Å². The monoisotopic (exact) mass is 383 g/mol. The third-order valence-electron chi connectivity index (χ3n) is 6.33. The van der Waals surface area contributed by atoms with Crippen LogP contribution in [0.2, 0.25) is 0 Å². The zero-order chi connectivity index (χ0) is 19.5. The van der Waals surface area contributed by atoms with Gasteiger partial charge < -0.3 is 14.1 Å². The first-order valence-corrected chi connectivity index (χ1v) is 10.5. The molecule has 2 aliphatic heterocycles. The summed E-state index contributed by atoms with van der Waals surface area (Å²) in [5, 5.41) is 0. The Morgan fingerprint density at radius 2 is 1.86 bits per heavy atom. The van der Waals surface area contributed by atoms with Crippen molar-refractivity contribution in [1.29, 1.82) is 0 Å². The van der Waals surface area contributed by atoms with Gasteiger partial charge in [-0.05, 0) is 57.0 Å². The molecule has 1 aromatic heterocycles. The predicted molar refractivity (Wildman–Crippen MR) is 113 cm³/mol. The fourth-order valence-corrected chi connectivity index (χ4v) is 4.64. The highest BCUT2D eigenvalue weighted by Gasteiger charge is 2.29. The summed E-state index contributed by atoms with van der Waals surface area (Å²) >= 11 is 0. The van der Waals surface area contributed by atoms with E-state index in [1.54, 1.807) is 7.11 Å². The van der Waals surface area contributed by atoms with Gasteiger partial charge in [-0.15, -0.1) is 0 Å². The predicted octanol–water partition coefficient (Wildman–Crippen LogP) is 3.69. The molecule has 0 saturated carbocycles. The Labute approximate surface area is 168 Å². The second kappa shape index (κ2) is 8.58. The number of furan rings is 1. The number of anilines is 1. The lowest BCUT2D eigenvalue weighted by Crippen LogP contribution is -2.55. The van der Waals surface area contributed by atoms with Crippen LogP contribution >= 0.6 is 0 Å². The third-order valence-corrected chi connectivity index (χ3v) is 6.33. The molecule has 0 spiro atoms. The minimum Gasteiger partial charge on any atom is -0.495 e. The molecular formula is C23H33N3O2. The van der Waals surface area contributed by atoms with Gasteiger partial charge in [0, 0.05) is 38.8 Å². The summed E-state index contributed by atoms with van der Waals surface area (Å²) in [5.74, 6) is 3.14. The van der Waals surface area contributed by atoms with Crippen LogP contribution in [0.1, 0.15) is 29.9 Å². The second-order valence-electron chi connectivity index (χ2n) is 8.18.